The standard InChI is InChI=1S/C23H29NO11/c1-12(25)31-11-19-20(32-13(2)26)21(33-14(3)27)22(34-15(4)28)23(35-19)24-10-16-7-8-17(29-5)18(9-16)30-6/h7-10,19-23H,11H2,1-6H3/b24-10+/t19-,20-,21+,22-,23-/m1/s1. The van der Waals surface area contributed by atoms with E-state index in [4.69, 9.17) is 33.2 Å². The molecule has 1 aliphatic rings. The maximum atomic E-state index is 11.9. The van der Waals surface area contributed by atoms with Crippen molar-refractivity contribution in [1.82, 2.24) is 0 Å². The second-order valence-electron chi connectivity index (χ2n) is 7.48. The van der Waals surface area contributed by atoms with Crippen LogP contribution in [0.2, 0.25) is 0 Å². The summed E-state index contributed by atoms with van der Waals surface area (Å²) < 4.78 is 37.5. The van der Waals surface area contributed by atoms with Crippen LogP contribution in [0.5, 0.6) is 11.5 Å². The molecular weight excluding hydrogens is 466 g/mol. The van der Waals surface area contributed by atoms with Crippen LogP contribution >= 0.6 is 0 Å². The number of nitrogens with zero attached hydrogens (tertiary/aromatic N) is 1. The average molecular weight is 495 g/mol. The molecule has 0 aromatic heterocycles. The molecule has 5 atom stereocenters. The van der Waals surface area contributed by atoms with E-state index in [9.17, 15) is 19.2 Å². The number of aliphatic imine (C=N–C) groups is 1. The highest BCUT2D eigenvalue weighted by Gasteiger charge is 2.52. The van der Waals surface area contributed by atoms with Crippen LogP contribution in [0.25, 0.3) is 0 Å². The highest BCUT2D eigenvalue weighted by atomic mass is 16.7. The second-order valence-corrected chi connectivity index (χ2v) is 7.48. The Kier molecular flexibility index (Phi) is 10.0. The van der Waals surface area contributed by atoms with Gasteiger partial charge in [-0.2, -0.15) is 0 Å². The number of carbonyl (C=O) groups is 4. The van der Waals surface area contributed by atoms with E-state index in [1.54, 1.807) is 18.2 Å². The molecule has 0 bridgehead atoms. The Morgan fingerprint density at radius 3 is 1.94 bits per heavy atom. The first-order valence-electron chi connectivity index (χ1n) is 10.6. The van der Waals surface area contributed by atoms with Gasteiger partial charge in [0.15, 0.2) is 36.0 Å². The van der Waals surface area contributed by atoms with Crippen LogP contribution in [-0.2, 0) is 42.9 Å². The molecule has 2 rings (SSSR count). The Morgan fingerprint density at radius 1 is 0.829 bits per heavy atom. The van der Waals surface area contributed by atoms with Crippen LogP contribution in [0.1, 0.15) is 33.3 Å². The van der Waals surface area contributed by atoms with Crippen LogP contribution < -0.4 is 9.47 Å². The van der Waals surface area contributed by atoms with Gasteiger partial charge in [-0.25, -0.2) is 0 Å². The molecule has 1 fully saturated rings. The third-order valence-corrected chi connectivity index (χ3v) is 4.74. The Bertz CT molecular complexity index is 961. The van der Waals surface area contributed by atoms with Crippen molar-refractivity contribution in [3.05, 3.63) is 23.8 Å². The molecule has 0 amide bonds. The molecule has 0 spiro atoms. The molecule has 1 heterocycles. The predicted octanol–water partition coefficient (Wildman–Crippen LogP) is 1.21. The molecule has 0 aliphatic carbocycles. The molecule has 35 heavy (non-hydrogen) atoms. The summed E-state index contributed by atoms with van der Waals surface area (Å²) in [5.74, 6) is -1.78. The molecule has 0 saturated carbocycles. The minimum Gasteiger partial charge on any atom is -0.493 e. The third kappa shape index (κ3) is 7.95. The molecular formula is C23H29NO11. The summed E-state index contributed by atoms with van der Waals surface area (Å²) in [7, 11) is 2.99. The number of methoxy groups -OCH3 is 2. The maximum Gasteiger partial charge on any atom is 0.303 e. The smallest absolute Gasteiger partial charge is 0.303 e. The summed E-state index contributed by atoms with van der Waals surface area (Å²) in [6.07, 6.45) is -4.65. The highest BCUT2D eigenvalue weighted by molar-refractivity contribution is 5.81. The molecule has 12 nitrogen and oxygen atoms in total. The Labute approximate surface area is 202 Å². The number of carbonyl (C=O) groups excluding carboxylic acids is 4. The SMILES string of the molecule is COc1ccc(/C=N/[C@@H]2O[C@H](COC(C)=O)[C@@H](OC(C)=O)[C@H](OC(C)=O)[C@H]2OC(C)=O)cc1OC. The van der Waals surface area contributed by atoms with Gasteiger partial charge in [-0.1, -0.05) is 0 Å². The van der Waals surface area contributed by atoms with Gasteiger partial charge in [0.25, 0.3) is 0 Å². The molecule has 0 radical (unpaired) electrons. The van der Waals surface area contributed by atoms with Gasteiger partial charge < -0.3 is 33.2 Å². The molecule has 1 aromatic carbocycles. The van der Waals surface area contributed by atoms with Crippen LogP contribution in [0.3, 0.4) is 0 Å². The summed E-state index contributed by atoms with van der Waals surface area (Å²) in [5.41, 5.74) is 0.593. The van der Waals surface area contributed by atoms with Crippen LogP contribution in [0, 0.1) is 0 Å². The minimum atomic E-state index is -1.29. The van der Waals surface area contributed by atoms with Crippen LogP contribution in [0.15, 0.2) is 23.2 Å². The molecule has 1 aromatic rings. The van der Waals surface area contributed by atoms with Crippen molar-refractivity contribution in [1.29, 1.82) is 0 Å². The Morgan fingerprint density at radius 2 is 1.40 bits per heavy atom. The lowest BCUT2D eigenvalue weighted by molar-refractivity contribution is -0.250. The van der Waals surface area contributed by atoms with E-state index in [2.05, 4.69) is 4.99 Å². The summed E-state index contributed by atoms with van der Waals surface area (Å²) in [6.45, 7) is 4.32. The van der Waals surface area contributed by atoms with Crippen molar-refractivity contribution in [2.45, 2.75) is 58.3 Å². The number of hydrogen-bond donors (Lipinski definition) is 0. The zero-order chi connectivity index (χ0) is 26.1. The van der Waals surface area contributed by atoms with E-state index in [-0.39, 0.29) is 6.61 Å². The van der Waals surface area contributed by atoms with Crippen molar-refractivity contribution in [2.75, 3.05) is 20.8 Å². The van der Waals surface area contributed by atoms with Crippen molar-refractivity contribution in [2.24, 2.45) is 4.99 Å². The number of benzene rings is 1. The summed E-state index contributed by atoms with van der Waals surface area (Å²) >= 11 is 0. The lowest BCUT2D eigenvalue weighted by Gasteiger charge is -2.43. The van der Waals surface area contributed by atoms with Gasteiger partial charge in [0.1, 0.15) is 12.7 Å². The quantitative estimate of drug-likeness (QED) is 0.277. The summed E-state index contributed by atoms with van der Waals surface area (Å²) in [4.78, 5) is 51.3. The zero-order valence-corrected chi connectivity index (χ0v) is 20.3. The van der Waals surface area contributed by atoms with Gasteiger partial charge in [-0.3, -0.25) is 24.2 Å². The highest BCUT2D eigenvalue weighted by Crippen LogP contribution is 2.31. The predicted molar refractivity (Wildman–Crippen MR) is 119 cm³/mol. The van der Waals surface area contributed by atoms with Gasteiger partial charge in [-0.15, -0.1) is 0 Å². The minimum absolute atomic E-state index is 0.333. The Balaban J connectivity index is 2.47. The fraction of sp³-hybridized carbons (Fsp3) is 0.522. The molecule has 1 saturated heterocycles. The van der Waals surface area contributed by atoms with Gasteiger partial charge in [0.2, 0.25) is 0 Å². The van der Waals surface area contributed by atoms with Gasteiger partial charge >= 0.3 is 23.9 Å². The Hall–Kier alpha value is -3.67. The van der Waals surface area contributed by atoms with E-state index in [0.29, 0.717) is 17.1 Å². The fourth-order valence-electron chi connectivity index (χ4n) is 3.42. The first kappa shape index (κ1) is 27.6. The van der Waals surface area contributed by atoms with E-state index in [1.807, 2.05) is 0 Å². The largest absolute Gasteiger partial charge is 0.493 e. The third-order valence-electron chi connectivity index (χ3n) is 4.74. The van der Waals surface area contributed by atoms with Crippen molar-refractivity contribution < 1.29 is 52.3 Å². The summed E-state index contributed by atoms with van der Waals surface area (Å²) in [5, 5.41) is 0. The lowest BCUT2D eigenvalue weighted by Crippen LogP contribution is -2.62. The van der Waals surface area contributed by atoms with E-state index in [0.717, 1.165) is 20.8 Å². The first-order valence-corrected chi connectivity index (χ1v) is 10.6. The molecule has 0 unspecified atom stereocenters. The van der Waals surface area contributed by atoms with Crippen LogP contribution in [0.4, 0.5) is 0 Å². The van der Waals surface area contributed by atoms with Crippen molar-refractivity contribution in [3.8, 4) is 11.5 Å². The van der Waals surface area contributed by atoms with E-state index >= 15 is 0 Å². The van der Waals surface area contributed by atoms with E-state index < -0.39 is 54.5 Å². The normalized spacial score (nSPS) is 23.8. The number of hydrogen-bond acceptors (Lipinski definition) is 12. The topological polar surface area (TPSA) is 145 Å². The van der Waals surface area contributed by atoms with Gasteiger partial charge in [0, 0.05) is 33.9 Å². The van der Waals surface area contributed by atoms with Gasteiger partial charge in [0.05, 0.1) is 14.2 Å². The first-order chi connectivity index (χ1) is 16.5. The molecule has 12 heteroatoms. The maximum absolute atomic E-state index is 11.9. The number of esters is 4. The van der Waals surface area contributed by atoms with Crippen LogP contribution in [-0.4, -0.2) is 81.6 Å². The van der Waals surface area contributed by atoms with E-state index in [1.165, 1.54) is 27.4 Å². The molecule has 1 aliphatic heterocycles. The van der Waals surface area contributed by atoms with Crippen molar-refractivity contribution >= 4 is 30.1 Å². The number of ether oxygens (including phenoxy) is 7. The fourth-order valence-corrected chi connectivity index (χ4v) is 3.42. The van der Waals surface area contributed by atoms with Gasteiger partial charge in [-0.05, 0) is 23.8 Å². The summed E-state index contributed by atoms with van der Waals surface area (Å²) in [6, 6.07) is 5.04. The lowest BCUT2D eigenvalue weighted by atomic mass is 9.97. The zero-order valence-electron chi connectivity index (χ0n) is 20.3. The monoisotopic (exact) mass is 495 g/mol. The average Bonchev–Trinajstić information content (AvgIpc) is 2.78. The second kappa shape index (κ2) is 12.7. The molecule has 192 valence electrons. The number of rotatable bonds is 9. The molecule has 0 N–H and O–H groups in total. The van der Waals surface area contributed by atoms with Crippen molar-refractivity contribution in [3.63, 3.8) is 0 Å².